The molecule has 0 atom stereocenters. The molecule has 80 valence electrons. The molecule has 0 saturated carbocycles. The lowest BCUT2D eigenvalue weighted by Crippen LogP contribution is -1.86. The number of nitrogens with zero attached hydrogens (tertiary/aromatic N) is 1. The van der Waals surface area contributed by atoms with Gasteiger partial charge >= 0.3 is 0 Å². The fraction of sp³-hybridized carbons (Fsp3) is 0. The van der Waals surface area contributed by atoms with Gasteiger partial charge in [0.05, 0.1) is 6.20 Å². The van der Waals surface area contributed by atoms with E-state index in [9.17, 15) is 9.18 Å². The molecule has 4 heteroatoms. The first kappa shape index (κ1) is 10.3. The normalized spacial score (nSPS) is 11.4. The van der Waals surface area contributed by atoms with Gasteiger partial charge in [-0.3, -0.25) is 4.79 Å². The Morgan fingerprint density at radius 1 is 1.25 bits per heavy atom. The first-order valence-electron chi connectivity index (χ1n) is 4.63. The molecule has 0 saturated heterocycles. The highest BCUT2D eigenvalue weighted by Crippen LogP contribution is 2.16. The van der Waals surface area contributed by atoms with E-state index >= 15 is 0 Å². The second kappa shape index (κ2) is 4.53. The molecule has 0 radical (unpaired) electrons. The Morgan fingerprint density at radius 3 is 2.56 bits per heavy atom. The Hall–Kier alpha value is -2.23. The minimum Gasteiger partial charge on any atom is -0.357 e. The smallest absolute Gasteiger partial charge is 0.160 e. The van der Waals surface area contributed by atoms with E-state index in [1.807, 2.05) is 0 Å². The van der Waals surface area contributed by atoms with E-state index in [-0.39, 0.29) is 5.82 Å². The highest BCUT2D eigenvalue weighted by molar-refractivity contribution is 6.12. The maximum absolute atomic E-state index is 12.7. The molecule has 0 aliphatic carbocycles. The largest absolute Gasteiger partial charge is 0.357 e. The van der Waals surface area contributed by atoms with Gasteiger partial charge in [0.1, 0.15) is 5.82 Å². The van der Waals surface area contributed by atoms with Gasteiger partial charge in [0.2, 0.25) is 0 Å². The van der Waals surface area contributed by atoms with Crippen LogP contribution < -0.4 is 0 Å². The summed E-state index contributed by atoms with van der Waals surface area (Å²) in [5.74, 6) is 0.139. The SMILES string of the molecule is O=C/C(=C\c1ccno1)c1ccc(F)cc1. The average Bonchev–Trinajstić information content (AvgIpc) is 2.80. The molecule has 0 spiro atoms. The second-order valence-corrected chi connectivity index (χ2v) is 3.14. The minimum absolute atomic E-state index is 0.339. The van der Waals surface area contributed by atoms with Crippen molar-refractivity contribution in [3.8, 4) is 0 Å². The van der Waals surface area contributed by atoms with Crippen LogP contribution in [0.3, 0.4) is 0 Å². The van der Waals surface area contributed by atoms with Crippen LogP contribution in [0.25, 0.3) is 11.6 Å². The van der Waals surface area contributed by atoms with Gasteiger partial charge in [0.15, 0.2) is 12.0 Å². The fourth-order valence-electron chi connectivity index (χ4n) is 1.28. The van der Waals surface area contributed by atoms with Crippen molar-refractivity contribution in [1.29, 1.82) is 0 Å². The van der Waals surface area contributed by atoms with Crippen molar-refractivity contribution in [3.05, 3.63) is 53.7 Å². The zero-order valence-corrected chi connectivity index (χ0v) is 8.26. The Morgan fingerprint density at radius 2 is 2.00 bits per heavy atom. The average molecular weight is 217 g/mol. The van der Waals surface area contributed by atoms with Crippen LogP contribution in [-0.4, -0.2) is 11.4 Å². The van der Waals surface area contributed by atoms with Crippen LogP contribution in [0.1, 0.15) is 11.3 Å². The van der Waals surface area contributed by atoms with Crippen molar-refractivity contribution in [2.24, 2.45) is 0 Å². The maximum Gasteiger partial charge on any atom is 0.160 e. The molecule has 2 aromatic rings. The number of aldehydes is 1. The Bertz CT molecular complexity index is 500. The zero-order chi connectivity index (χ0) is 11.4. The molecule has 0 unspecified atom stereocenters. The Balaban J connectivity index is 2.36. The van der Waals surface area contributed by atoms with Gasteiger partial charge in [-0.05, 0) is 23.8 Å². The molecule has 2 rings (SSSR count). The highest BCUT2D eigenvalue weighted by atomic mass is 19.1. The number of hydrogen-bond donors (Lipinski definition) is 0. The van der Waals surface area contributed by atoms with Crippen LogP contribution in [-0.2, 0) is 4.79 Å². The molecule has 0 N–H and O–H groups in total. The maximum atomic E-state index is 12.7. The third kappa shape index (κ3) is 2.23. The summed E-state index contributed by atoms with van der Waals surface area (Å²) in [6, 6.07) is 7.30. The molecule has 0 amide bonds. The summed E-state index contributed by atoms with van der Waals surface area (Å²) in [6.45, 7) is 0. The van der Waals surface area contributed by atoms with Crippen LogP contribution in [0.2, 0.25) is 0 Å². The van der Waals surface area contributed by atoms with Crippen LogP contribution in [0, 0.1) is 5.82 Å². The third-order valence-electron chi connectivity index (χ3n) is 2.06. The van der Waals surface area contributed by atoms with Crippen molar-refractivity contribution in [1.82, 2.24) is 5.16 Å². The lowest BCUT2D eigenvalue weighted by atomic mass is 10.1. The zero-order valence-electron chi connectivity index (χ0n) is 8.26. The molecular weight excluding hydrogens is 209 g/mol. The second-order valence-electron chi connectivity index (χ2n) is 3.14. The molecular formula is C12H8FNO2. The topological polar surface area (TPSA) is 43.1 Å². The molecule has 3 nitrogen and oxygen atoms in total. The van der Waals surface area contributed by atoms with E-state index in [2.05, 4.69) is 5.16 Å². The molecule has 1 aromatic heterocycles. The number of carbonyl (C=O) groups excluding carboxylic acids is 1. The van der Waals surface area contributed by atoms with Crippen molar-refractivity contribution in [2.45, 2.75) is 0 Å². The summed E-state index contributed by atoms with van der Waals surface area (Å²) < 4.78 is 17.5. The molecule has 0 aliphatic heterocycles. The predicted molar refractivity (Wildman–Crippen MR) is 56.8 cm³/mol. The van der Waals surface area contributed by atoms with Gasteiger partial charge in [-0.2, -0.15) is 0 Å². The summed E-state index contributed by atoms with van der Waals surface area (Å²) >= 11 is 0. The van der Waals surface area contributed by atoms with E-state index in [1.165, 1.54) is 30.5 Å². The number of allylic oxidation sites excluding steroid dienone is 1. The minimum atomic E-state index is -0.339. The van der Waals surface area contributed by atoms with Gasteiger partial charge in [-0.1, -0.05) is 17.3 Å². The van der Waals surface area contributed by atoms with Gasteiger partial charge in [-0.25, -0.2) is 4.39 Å². The number of hydrogen-bond acceptors (Lipinski definition) is 3. The number of rotatable bonds is 3. The molecule has 16 heavy (non-hydrogen) atoms. The van der Waals surface area contributed by atoms with Gasteiger partial charge < -0.3 is 4.52 Å². The fourth-order valence-corrected chi connectivity index (χ4v) is 1.28. The standard InChI is InChI=1S/C12H8FNO2/c13-11-3-1-9(2-4-11)10(8-15)7-12-5-6-14-16-12/h1-8H/b10-7+. The van der Waals surface area contributed by atoms with E-state index < -0.39 is 0 Å². The lowest BCUT2D eigenvalue weighted by molar-refractivity contribution is -0.103. The summed E-state index contributed by atoms with van der Waals surface area (Å²) in [6.07, 6.45) is 3.72. The highest BCUT2D eigenvalue weighted by Gasteiger charge is 2.02. The molecule has 1 heterocycles. The van der Waals surface area contributed by atoms with Crippen molar-refractivity contribution < 1.29 is 13.7 Å². The monoisotopic (exact) mass is 217 g/mol. The van der Waals surface area contributed by atoms with Crippen molar-refractivity contribution in [3.63, 3.8) is 0 Å². The molecule has 0 fully saturated rings. The summed E-state index contributed by atoms with van der Waals surface area (Å²) in [5, 5.41) is 3.52. The van der Waals surface area contributed by atoms with Gasteiger partial charge in [0.25, 0.3) is 0 Å². The molecule has 0 aliphatic rings. The van der Waals surface area contributed by atoms with Gasteiger partial charge in [0, 0.05) is 11.6 Å². The van der Waals surface area contributed by atoms with Gasteiger partial charge in [-0.15, -0.1) is 0 Å². The third-order valence-corrected chi connectivity index (χ3v) is 2.06. The molecule has 0 bridgehead atoms. The number of aromatic nitrogens is 1. The predicted octanol–water partition coefficient (Wildman–Crippen LogP) is 2.55. The van der Waals surface area contributed by atoms with Crippen molar-refractivity contribution in [2.75, 3.05) is 0 Å². The number of carbonyl (C=O) groups is 1. The summed E-state index contributed by atoms with van der Waals surface area (Å²) in [5.41, 5.74) is 1.05. The summed E-state index contributed by atoms with van der Waals surface area (Å²) in [7, 11) is 0. The Kier molecular flexibility index (Phi) is 2.91. The van der Waals surface area contributed by atoms with E-state index in [0.717, 1.165) is 0 Å². The van der Waals surface area contributed by atoms with Crippen LogP contribution in [0.15, 0.2) is 41.1 Å². The summed E-state index contributed by atoms with van der Waals surface area (Å²) in [4.78, 5) is 10.9. The van der Waals surface area contributed by atoms with E-state index in [1.54, 1.807) is 12.1 Å². The van der Waals surface area contributed by atoms with E-state index in [0.29, 0.717) is 23.2 Å². The first-order valence-corrected chi connectivity index (χ1v) is 4.63. The molecule has 1 aromatic carbocycles. The quantitative estimate of drug-likeness (QED) is 0.586. The van der Waals surface area contributed by atoms with Crippen LogP contribution in [0.5, 0.6) is 0 Å². The van der Waals surface area contributed by atoms with Crippen molar-refractivity contribution >= 4 is 17.9 Å². The lowest BCUT2D eigenvalue weighted by Gasteiger charge is -1.98. The van der Waals surface area contributed by atoms with E-state index in [4.69, 9.17) is 4.52 Å². The Labute approximate surface area is 91.2 Å². The van der Waals surface area contributed by atoms with Crippen LogP contribution in [0.4, 0.5) is 4.39 Å². The number of benzene rings is 1. The number of halogens is 1. The first-order chi connectivity index (χ1) is 7.79. The van der Waals surface area contributed by atoms with Crippen LogP contribution >= 0.6 is 0 Å².